The zero-order valence-electron chi connectivity index (χ0n) is 10.7. The van der Waals surface area contributed by atoms with Crippen molar-refractivity contribution in [3.05, 3.63) is 17.2 Å². The molecule has 5 nitrogen and oxygen atoms in total. The summed E-state index contributed by atoms with van der Waals surface area (Å²) in [7, 11) is 3.07. The van der Waals surface area contributed by atoms with Crippen LogP contribution in [0.4, 0.5) is 0 Å². The van der Waals surface area contributed by atoms with Gasteiger partial charge in [0.25, 0.3) is 0 Å². The van der Waals surface area contributed by atoms with Crippen molar-refractivity contribution < 1.29 is 24.5 Å². The molecule has 0 aliphatic carbocycles. The fourth-order valence-corrected chi connectivity index (χ4v) is 1.63. The summed E-state index contributed by atoms with van der Waals surface area (Å²) in [6.07, 6.45) is 0. The summed E-state index contributed by atoms with van der Waals surface area (Å²) >= 11 is 0. The number of carbonyl (C=O) groups is 1. The van der Waals surface area contributed by atoms with E-state index in [-0.39, 0.29) is 11.4 Å². The first-order valence-electron chi connectivity index (χ1n) is 4.91. The molecule has 0 saturated carbocycles. The average molecular weight is 242 g/mol. The third-order valence-corrected chi connectivity index (χ3v) is 2.22. The number of hydrogen-bond donors (Lipinski definition) is 0. The van der Waals surface area contributed by atoms with E-state index in [9.17, 15) is 4.79 Å². The van der Waals surface area contributed by atoms with Crippen LogP contribution in [0.3, 0.4) is 0 Å². The quantitative estimate of drug-likeness (QED) is 0.593. The molecule has 0 bridgehead atoms. The van der Waals surface area contributed by atoms with Crippen LogP contribution in [-0.4, -0.2) is 25.7 Å². The Kier molecular flexibility index (Phi) is 5.47. The highest BCUT2D eigenvalue weighted by Crippen LogP contribution is 2.42. The fraction of sp³-hybridized carbons (Fsp3) is 0.417. The second-order valence-corrected chi connectivity index (χ2v) is 3.50. The van der Waals surface area contributed by atoms with E-state index < -0.39 is 0 Å². The lowest BCUT2D eigenvalue weighted by Gasteiger charge is -2.16. The molecule has 1 aromatic carbocycles. The summed E-state index contributed by atoms with van der Waals surface area (Å²) in [6.45, 7) is 5.12. The number of ether oxygens (including phenoxy) is 3. The van der Waals surface area contributed by atoms with Gasteiger partial charge in [0.05, 0.1) is 14.2 Å². The Hall–Kier alpha value is -1.75. The van der Waals surface area contributed by atoms with E-state index in [0.29, 0.717) is 17.2 Å². The molecule has 0 saturated heterocycles. The van der Waals surface area contributed by atoms with Crippen molar-refractivity contribution in [3.8, 4) is 17.2 Å². The Bertz CT molecular complexity index is 412. The largest absolute Gasteiger partial charge is 0.492 e. The second kappa shape index (κ2) is 6.10. The molecule has 0 amide bonds. The van der Waals surface area contributed by atoms with Crippen molar-refractivity contribution in [3.63, 3.8) is 0 Å². The minimum atomic E-state index is -0.382. The minimum Gasteiger partial charge on any atom is -0.492 e. The number of rotatable bonds is 3. The summed E-state index contributed by atoms with van der Waals surface area (Å²) in [5.41, 5.74) is 1.78. The SMILES string of the molecule is COc1c(C)cc(C)c(OC(C)=O)c1OC.O. The lowest BCUT2D eigenvalue weighted by atomic mass is 10.1. The molecule has 0 fully saturated rings. The van der Waals surface area contributed by atoms with Gasteiger partial charge in [0.2, 0.25) is 5.75 Å². The second-order valence-electron chi connectivity index (χ2n) is 3.50. The Morgan fingerprint density at radius 3 is 1.88 bits per heavy atom. The molecule has 0 spiro atoms. The molecule has 1 rings (SSSR count). The van der Waals surface area contributed by atoms with Crippen LogP contribution in [0.5, 0.6) is 17.2 Å². The van der Waals surface area contributed by atoms with E-state index in [1.54, 1.807) is 7.11 Å². The molecule has 2 N–H and O–H groups in total. The van der Waals surface area contributed by atoms with Gasteiger partial charge in [-0.3, -0.25) is 4.79 Å². The highest BCUT2D eigenvalue weighted by Gasteiger charge is 2.18. The Labute approximate surface area is 101 Å². The van der Waals surface area contributed by atoms with E-state index in [1.165, 1.54) is 14.0 Å². The van der Waals surface area contributed by atoms with Gasteiger partial charge in [-0.25, -0.2) is 0 Å². The van der Waals surface area contributed by atoms with Gasteiger partial charge in [-0.05, 0) is 31.0 Å². The maximum absolute atomic E-state index is 11.0. The molecule has 5 heteroatoms. The predicted octanol–water partition coefficient (Wildman–Crippen LogP) is 1.42. The summed E-state index contributed by atoms with van der Waals surface area (Å²) in [5.74, 6) is 1.07. The summed E-state index contributed by atoms with van der Waals surface area (Å²) in [5, 5.41) is 0. The number of aryl methyl sites for hydroxylation is 2. The third-order valence-electron chi connectivity index (χ3n) is 2.22. The van der Waals surface area contributed by atoms with Crippen LogP contribution >= 0.6 is 0 Å². The predicted molar refractivity (Wildman–Crippen MR) is 63.9 cm³/mol. The average Bonchev–Trinajstić information content (AvgIpc) is 2.20. The van der Waals surface area contributed by atoms with Crippen molar-refractivity contribution in [2.24, 2.45) is 0 Å². The first kappa shape index (κ1) is 15.2. The summed E-state index contributed by atoms with van der Waals surface area (Å²) < 4.78 is 15.6. The van der Waals surface area contributed by atoms with E-state index in [4.69, 9.17) is 14.2 Å². The lowest BCUT2D eigenvalue weighted by Crippen LogP contribution is -2.06. The van der Waals surface area contributed by atoms with E-state index in [1.807, 2.05) is 19.9 Å². The minimum absolute atomic E-state index is 0. The number of carbonyl (C=O) groups excluding carboxylic acids is 1. The van der Waals surface area contributed by atoms with Crippen LogP contribution < -0.4 is 14.2 Å². The highest BCUT2D eigenvalue weighted by atomic mass is 16.6. The van der Waals surface area contributed by atoms with Crippen LogP contribution in [0.2, 0.25) is 0 Å². The van der Waals surface area contributed by atoms with Gasteiger partial charge in [-0.1, -0.05) is 0 Å². The van der Waals surface area contributed by atoms with Crippen LogP contribution in [0.15, 0.2) is 6.07 Å². The maximum atomic E-state index is 11.0. The molecule has 1 aromatic rings. The van der Waals surface area contributed by atoms with Crippen molar-refractivity contribution in [2.45, 2.75) is 20.8 Å². The molecule has 0 unspecified atom stereocenters. The van der Waals surface area contributed by atoms with Gasteiger partial charge in [-0.15, -0.1) is 0 Å². The number of hydrogen-bond acceptors (Lipinski definition) is 4. The smallest absolute Gasteiger partial charge is 0.308 e. The molecule has 0 aromatic heterocycles. The first-order chi connectivity index (χ1) is 7.51. The van der Waals surface area contributed by atoms with Gasteiger partial charge in [0.1, 0.15) is 0 Å². The van der Waals surface area contributed by atoms with E-state index in [0.717, 1.165) is 11.1 Å². The lowest BCUT2D eigenvalue weighted by molar-refractivity contribution is -0.132. The Balaban J connectivity index is 0.00000256. The van der Waals surface area contributed by atoms with Gasteiger partial charge in [0.15, 0.2) is 11.5 Å². The molecule has 0 atom stereocenters. The van der Waals surface area contributed by atoms with Crippen LogP contribution in [0.25, 0.3) is 0 Å². The molecule has 0 heterocycles. The number of benzene rings is 1. The topological polar surface area (TPSA) is 76.3 Å². The van der Waals surface area contributed by atoms with Crippen LogP contribution in [0.1, 0.15) is 18.1 Å². The van der Waals surface area contributed by atoms with Gasteiger partial charge in [0, 0.05) is 6.92 Å². The number of methoxy groups -OCH3 is 2. The molecule has 17 heavy (non-hydrogen) atoms. The van der Waals surface area contributed by atoms with Gasteiger partial charge >= 0.3 is 5.97 Å². The summed E-state index contributed by atoms with van der Waals surface area (Å²) in [4.78, 5) is 11.0. The van der Waals surface area contributed by atoms with Gasteiger partial charge in [-0.2, -0.15) is 0 Å². The zero-order chi connectivity index (χ0) is 12.3. The maximum Gasteiger partial charge on any atom is 0.308 e. The fourth-order valence-electron chi connectivity index (χ4n) is 1.63. The highest BCUT2D eigenvalue weighted by molar-refractivity contribution is 5.72. The van der Waals surface area contributed by atoms with Crippen LogP contribution in [-0.2, 0) is 4.79 Å². The molecular formula is C12H18O5. The van der Waals surface area contributed by atoms with Crippen molar-refractivity contribution >= 4 is 5.97 Å². The molecule has 0 aliphatic rings. The monoisotopic (exact) mass is 242 g/mol. The Morgan fingerprint density at radius 2 is 1.47 bits per heavy atom. The van der Waals surface area contributed by atoms with E-state index in [2.05, 4.69) is 0 Å². The molecular weight excluding hydrogens is 224 g/mol. The van der Waals surface area contributed by atoms with Crippen molar-refractivity contribution in [2.75, 3.05) is 14.2 Å². The van der Waals surface area contributed by atoms with Crippen molar-refractivity contribution in [1.82, 2.24) is 0 Å². The first-order valence-corrected chi connectivity index (χ1v) is 4.91. The summed E-state index contributed by atoms with van der Waals surface area (Å²) in [6, 6.07) is 1.89. The zero-order valence-corrected chi connectivity index (χ0v) is 10.7. The van der Waals surface area contributed by atoms with Crippen LogP contribution in [0, 0.1) is 13.8 Å². The van der Waals surface area contributed by atoms with Crippen molar-refractivity contribution in [1.29, 1.82) is 0 Å². The van der Waals surface area contributed by atoms with Gasteiger partial charge < -0.3 is 19.7 Å². The number of esters is 1. The molecule has 0 radical (unpaired) electrons. The Morgan fingerprint density at radius 1 is 1.00 bits per heavy atom. The standard InChI is InChI=1S/C12H16O4.H2O/c1-7-6-8(2)11(16-9(3)13)12(15-5)10(7)14-4;/h6H,1-5H3;1H2. The van der Waals surface area contributed by atoms with E-state index >= 15 is 0 Å². The molecule has 0 aliphatic heterocycles. The normalized spacial score (nSPS) is 9.24. The molecule has 96 valence electrons. The third kappa shape index (κ3) is 3.10.